The molecule has 3 heteroatoms. The molecule has 1 aromatic carbocycles. The quantitative estimate of drug-likeness (QED) is 0.782. The number of nitrogens with one attached hydrogen (secondary N) is 1. The van der Waals surface area contributed by atoms with E-state index in [2.05, 4.69) is 31.3 Å². The second kappa shape index (κ2) is 7.56. The number of hydrogen-bond donors (Lipinski definition) is 1. The second-order valence-electron chi connectivity index (χ2n) is 5.77. The predicted octanol–water partition coefficient (Wildman–Crippen LogP) is 5.12. The van der Waals surface area contributed by atoms with Gasteiger partial charge in [-0.25, -0.2) is 0 Å². The van der Waals surface area contributed by atoms with Gasteiger partial charge in [-0.15, -0.1) is 11.8 Å². The van der Waals surface area contributed by atoms with Gasteiger partial charge in [0.1, 0.15) is 0 Å². The lowest BCUT2D eigenvalue weighted by Crippen LogP contribution is -2.19. The molecule has 0 atom stereocenters. The molecule has 0 aliphatic heterocycles. The average Bonchev–Trinajstić information content (AvgIpc) is 2.85. The highest BCUT2D eigenvalue weighted by Gasteiger charge is 2.18. The first-order valence-corrected chi connectivity index (χ1v) is 8.57. The molecule has 19 heavy (non-hydrogen) atoms. The molecular formula is C16H24ClNS. The Bertz CT molecular complexity index is 400. The van der Waals surface area contributed by atoms with Crippen LogP contribution in [-0.4, -0.2) is 11.8 Å². The second-order valence-corrected chi connectivity index (χ2v) is 7.51. The van der Waals surface area contributed by atoms with E-state index >= 15 is 0 Å². The van der Waals surface area contributed by atoms with E-state index in [9.17, 15) is 0 Å². The summed E-state index contributed by atoms with van der Waals surface area (Å²) >= 11 is 8.40. The number of hydrogen-bond acceptors (Lipinski definition) is 2. The Kier molecular flexibility index (Phi) is 6.06. The monoisotopic (exact) mass is 297 g/mol. The Morgan fingerprint density at radius 2 is 2.05 bits per heavy atom. The molecule has 1 N–H and O–H groups in total. The van der Waals surface area contributed by atoms with Gasteiger partial charge in [0, 0.05) is 21.7 Å². The Balaban J connectivity index is 2.02. The van der Waals surface area contributed by atoms with Crippen LogP contribution in [0.4, 0.5) is 0 Å². The highest BCUT2D eigenvalue weighted by atomic mass is 35.5. The summed E-state index contributed by atoms with van der Waals surface area (Å²) in [7, 11) is 0. The van der Waals surface area contributed by atoms with Gasteiger partial charge in [0.05, 0.1) is 0 Å². The zero-order valence-electron chi connectivity index (χ0n) is 11.9. The van der Waals surface area contributed by atoms with Crippen molar-refractivity contribution in [1.29, 1.82) is 0 Å². The van der Waals surface area contributed by atoms with E-state index in [1.165, 1.54) is 36.1 Å². The van der Waals surface area contributed by atoms with E-state index < -0.39 is 0 Å². The molecule has 1 aliphatic rings. The standard InChI is InChI=1S/C16H24ClNS/c1-12(2)10-18-11-14-15(17)8-5-9-16(14)19-13-6-3-4-7-13/h5,8-9,12-13,18H,3-4,6-7,10-11H2,1-2H3. The maximum Gasteiger partial charge on any atom is 0.0462 e. The van der Waals surface area contributed by atoms with E-state index in [1.807, 2.05) is 17.8 Å². The zero-order valence-corrected chi connectivity index (χ0v) is 13.5. The van der Waals surface area contributed by atoms with Gasteiger partial charge in [-0.2, -0.15) is 0 Å². The molecule has 0 heterocycles. The van der Waals surface area contributed by atoms with Crippen molar-refractivity contribution in [2.45, 2.75) is 56.2 Å². The minimum atomic E-state index is 0.674. The molecule has 0 aromatic heterocycles. The number of benzene rings is 1. The topological polar surface area (TPSA) is 12.0 Å². The Hall–Kier alpha value is -0.180. The highest BCUT2D eigenvalue weighted by molar-refractivity contribution is 8.00. The molecule has 0 amide bonds. The number of halogens is 1. The molecule has 0 bridgehead atoms. The van der Waals surface area contributed by atoms with Gasteiger partial charge in [-0.05, 0) is 43.0 Å². The molecule has 1 saturated carbocycles. The molecule has 0 unspecified atom stereocenters. The van der Waals surface area contributed by atoms with E-state index in [1.54, 1.807) is 0 Å². The molecule has 106 valence electrons. The van der Waals surface area contributed by atoms with Crippen LogP contribution in [0.25, 0.3) is 0 Å². The van der Waals surface area contributed by atoms with Crippen molar-refractivity contribution < 1.29 is 0 Å². The Morgan fingerprint density at radius 1 is 1.32 bits per heavy atom. The first kappa shape index (κ1) is 15.2. The fourth-order valence-corrected chi connectivity index (χ4v) is 4.20. The summed E-state index contributed by atoms with van der Waals surface area (Å²) in [6.45, 7) is 6.38. The van der Waals surface area contributed by atoms with Gasteiger partial charge in [0.15, 0.2) is 0 Å². The largest absolute Gasteiger partial charge is 0.312 e. The maximum absolute atomic E-state index is 6.38. The van der Waals surface area contributed by atoms with Crippen LogP contribution in [-0.2, 0) is 6.54 Å². The summed E-state index contributed by atoms with van der Waals surface area (Å²) < 4.78 is 0. The average molecular weight is 298 g/mol. The summed E-state index contributed by atoms with van der Waals surface area (Å²) in [6.07, 6.45) is 5.49. The van der Waals surface area contributed by atoms with Crippen molar-refractivity contribution in [3.8, 4) is 0 Å². The van der Waals surface area contributed by atoms with Crippen LogP contribution in [0.1, 0.15) is 45.1 Å². The van der Waals surface area contributed by atoms with Crippen molar-refractivity contribution in [2.75, 3.05) is 6.54 Å². The first-order chi connectivity index (χ1) is 9.16. The first-order valence-electron chi connectivity index (χ1n) is 7.31. The van der Waals surface area contributed by atoms with E-state index in [4.69, 9.17) is 11.6 Å². The van der Waals surface area contributed by atoms with Gasteiger partial charge >= 0.3 is 0 Å². The van der Waals surface area contributed by atoms with Crippen LogP contribution in [0.5, 0.6) is 0 Å². The minimum absolute atomic E-state index is 0.674. The maximum atomic E-state index is 6.38. The molecule has 1 fully saturated rings. The third-order valence-corrected chi connectivity index (χ3v) is 5.32. The van der Waals surface area contributed by atoms with Crippen LogP contribution in [0.15, 0.2) is 23.1 Å². The molecule has 1 nitrogen and oxygen atoms in total. The SMILES string of the molecule is CC(C)CNCc1c(Cl)cccc1SC1CCCC1. The molecule has 0 saturated heterocycles. The number of rotatable bonds is 6. The molecule has 2 rings (SSSR count). The van der Waals surface area contributed by atoms with Gasteiger partial charge in [-0.3, -0.25) is 0 Å². The van der Waals surface area contributed by atoms with Crippen LogP contribution in [0.2, 0.25) is 5.02 Å². The van der Waals surface area contributed by atoms with Crippen LogP contribution < -0.4 is 5.32 Å². The summed E-state index contributed by atoms with van der Waals surface area (Å²) in [5.41, 5.74) is 1.28. The third-order valence-electron chi connectivity index (χ3n) is 3.53. The summed E-state index contributed by atoms with van der Waals surface area (Å²) in [6, 6.07) is 6.31. The van der Waals surface area contributed by atoms with E-state index in [0.717, 1.165) is 23.4 Å². The molecule has 1 aromatic rings. The normalized spacial score (nSPS) is 16.4. The highest BCUT2D eigenvalue weighted by Crippen LogP contribution is 2.38. The lowest BCUT2D eigenvalue weighted by Gasteiger charge is -2.16. The van der Waals surface area contributed by atoms with E-state index in [0.29, 0.717) is 5.92 Å². The third kappa shape index (κ3) is 4.70. The van der Waals surface area contributed by atoms with E-state index in [-0.39, 0.29) is 0 Å². The lowest BCUT2D eigenvalue weighted by molar-refractivity contribution is 0.550. The van der Waals surface area contributed by atoms with Gasteiger partial charge in [0.25, 0.3) is 0 Å². The molecule has 1 aliphatic carbocycles. The van der Waals surface area contributed by atoms with Gasteiger partial charge in [-0.1, -0.05) is 44.4 Å². The Morgan fingerprint density at radius 3 is 2.74 bits per heavy atom. The number of thioether (sulfide) groups is 1. The zero-order chi connectivity index (χ0) is 13.7. The Labute approximate surface area is 126 Å². The van der Waals surface area contributed by atoms with Crippen molar-refractivity contribution in [3.05, 3.63) is 28.8 Å². The fraction of sp³-hybridized carbons (Fsp3) is 0.625. The van der Waals surface area contributed by atoms with Gasteiger partial charge in [0.2, 0.25) is 0 Å². The minimum Gasteiger partial charge on any atom is -0.312 e. The molecule has 0 radical (unpaired) electrons. The van der Waals surface area contributed by atoms with Crippen LogP contribution in [0.3, 0.4) is 0 Å². The van der Waals surface area contributed by atoms with Crippen LogP contribution in [0, 0.1) is 5.92 Å². The van der Waals surface area contributed by atoms with Crippen molar-refractivity contribution in [1.82, 2.24) is 5.32 Å². The van der Waals surface area contributed by atoms with Crippen molar-refractivity contribution >= 4 is 23.4 Å². The fourth-order valence-electron chi connectivity index (χ4n) is 2.49. The van der Waals surface area contributed by atoms with Crippen molar-refractivity contribution in [2.24, 2.45) is 5.92 Å². The summed E-state index contributed by atoms with van der Waals surface area (Å²) in [4.78, 5) is 1.37. The lowest BCUT2D eigenvalue weighted by atomic mass is 10.2. The summed E-state index contributed by atoms with van der Waals surface area (Å²) in [5.74, 6) is 0.674. The van der Waals surface area contributed by atoms with Crippen LogP contribution >= 0.6 is 23.4 Å². The molecular weight excluding hydrogens is 274 g/mol. The van der Waals surface area contributed by atoms with Gasteiger partial charge < -0.3 is 5.32 Å². The van der Waals surface area contributed by atoms with Crippen molar-refractivity contribution in [3.63, 3.8) is 0 Å². The predicted molar refractivity (Wildman–Crippen MR) is 86.1 cm³/mol. The smallest absolute Gasteiger partial charge is 0.0462 e. The molecule has 0 spiro atoms. The summed E-state index contributed by atoms with van der Waals surface area (Å²) in [5, 5.41) is 5.21.